The number of hydrogen-bond donors (Lipinski definition) is 1. The van der Waals surface area contributed by atoms with E-state index in [0.29, 0.717) is 6.32 Å². The minimum Gasteiger partial charge on any atom is -0.403 e. The first kappa shape index (κ1) is 15.6. The SMILES string of the molecule is CC1(C)OB(CC(O)CCc2ccccc2)OC1(C)C. The van der Waals surface area contributed by atoms with E-state index in [-0.39, 0.29) is 18.3 Å². The molecule has 1 atom stereocenters. The van der Waals surface area contributed by atoms with Gasteiger partial charge in [-0.3, -0.25) is 0 Å². The summed E-state index contributed by atoms with van der Waals surface area (Å²) in [5.41, 5.74) is 0.605. The van der Waals surface area contributed by atoms with Gasteiger partial charge in [0.05, 0.1) is 17.3 Å². The molecule has 1 aliphatic rings. The van der Waals surface area contributed by atoms with Gasteiger partial charge in [0.1, 0.15) is 0 Å². The lowest BCUT2D eigenvalue weighted by atomic mass is 9.80. The quantitative estimate of drug-likeness (QED) is 0.840. The van der Waals surface area contributed by atoms with Crippen molar-refractivity contribution in [2.75, 3.05) is 0 Å². The fourth-order valence-electron chi connectivity index (χ4n) is 2.38. The van der Waals surface area contributed by atoms with E-state index in [4.69, 9.17) is 9.31 Å². The molecule has 1 saturated heterocycles. The van der Waals surface area contributed by atoms with Crippen molar-refractivity contribution in [3.05, 3.63) is 35.9 Å². The molecular weight excluding hydrogens is 251 g/mol. The maximum atomic E-state index is 10.2. The van der Waals surface area contributed by atoms with Crippen LogP contribution in [-0.4, -0.2) is 29.5 Å². The molecule has 4 heteroatoms. The summed E-state index contributed by atoms with van der Waals surface area (Å²) in [4.78, 5) is 0. The Bertz CT molecular complexity index is 415. The number of hydrogen-bond acceptors (Lipinski definition) is 3. The highest BCUT2D eigenvalue weighted by atomic mass is 16.7. The van der Waals surface area contributed by atoms with E-state index in [1.54, 1.807) is 0 Å². The molecule has 110 valence electrons. The zero-order chi connectivity index (χ0) is 14.8. The molecule has 1 aromatic rings. The van der Waals surface area contributed by atoms with Gasteiger partial charge in [-0.2, -0.15) is 0 Å². The molecular formula is C16H25BO3. The lowest BCUT2D eigenvalue weighted by Crippen LogP contribution is -2.41. The van der Waals surface area contributed by atoms with E-state index >= 15 is 0 Å². The van der Waals surface area contributed by atoms with Gasteiger partial charge in [0.15, 0.2) is 0 Å². The van der Waals surface area contributed by atoms with Gasteiger partial charge < -0.3 is 14.4 Å². The second-order valence-corrected chi connectivity index (χ2v) is 6.60. The normalized spacial score (nSPS) is 21.9. The summed E-state index contributed by atoms with van der Waals surface area (Å²) in [6.45, 7) is 8.12. The molecule has 1 fully saturated rings. The smallest absolute Gasteiger partial charge is 0.403 e. The van der Waals surface area contributed by atoms with Crippen molar-refractivity contribution in [1.29, 1.82) is 0 Å². The number of benzene rings is 1. The topological polar surface area (TPSA) is 38.7 Å². The Balaban J connectivity index is 1.80. The Labute approximate surface area is 122 Å². The molecule has 0 aliphatic carbocycles. The highest BCUT2D eigenvalue weighted by Crippen LogP contribution is 2.38. The molecule has 1 aliphatic heterocycles. The molecule has 1 aromatic carbocycles. The Morgan fingerprint density at radius 3 is 2.15 bits per heavy atom. The number of rotatable bonds is 5. The highest BCUT2D eigenvalue weighted by molar-refractivity contribution is 6.45. The molecule has 0 radical (unpaired) electrons. The van der Waals surface area contributed by atoms with E-state index in [9.17, 15) is 5.11 Å². The van der Waals surface area contributed by atoms with Crippen molar-refractivity contribution >= 4 is 7.12 Å². The Morgan fingerprint density at radius 2 is 1.60 bits per heavy atom. The van der Waals surface area contributed by atoms with E-state index in [1.165, 1.54) is 5.56 Å². The van der Waals surface area contributed by atoms with Gasteiger partial charge >= 0.3 is 7.12 Å². The van der Waals surface area contributed by atoms with Crippen molar-refractivity contribution in [2.24, 2.45) is 0 Å². The van der Waals surface area contributed by atoms with E-state index in [2.05, 4.69) is 12.1 Å². The minimum atomic E-state index is -0.398. The number of aliphatic hydroxyl groups is 1. The van der Waals surface area contributed by atoms with E-state index in [0.717, 1.165) is 12.8 Å². The highest BCUT2D eigenvalue weighted by Gasteiger charge is 2.51. The Kier molecular flexibility index (Phi) is 4.57. The standard InChI is InChI=1S/C16H25BO3/c1-15(2)16(3,4)20-17(19-15)12-14(18)11-10-13-8-6-5-7-9-13/h5-9,14,18H,10-12H2,1-4H3. The van der Waals surface area contributed by atoms with Crippen LogP contribution in [0.15, 0.2) is 30.3 Å². The zero-order valence-electron chi connectivity index (χ0n) is 12.9. The number of aliphatic hydroxyl groups excluding tert-OH is 1. The monoisotopic (exact) mass is 276 g/mol. The first-order valence-corrected chi connectivity index (χ1v) is 7.38. The Morgan fingerprint density at radius 1 is 1.05 bits per heavy atom. The van der Waals surface area contributed by atoms with Crippen LogP contribution in [0.4, 0.5) is 0 Å². The summed E-state index contributed by atoms with van der Waals surface area (Å²) >= 11 is 0. The third-order valence-corrected chi connectivity index (χ3v) is 4.38. The minimum absolute atomic E-state index is 0.314. The van der Waals surface area contributed by atoms with Gasteiger partial charge in [0, 0.05) is 6.32 Å². The molecule has 1 heterocycles. The van der Waals surface area contributed by atoms with Crippen molar-refractivity contribution < 1.29 is 14.4 Å². The van der Waals surface area contributed by atoms with E-state index in [1.807, 2.05) is 45.9 Å². The zero-order valence-corrected chi connectivity index (χ0v) is 12.9. The summed E-state index contributed by atoms with van der Waals surface area (Å²) < 4.78 is 11.8. The molecule has 2 rings (SSSR count). The second-order valence-electron chi connectivity index (χ2n) is 6.60. The molecule has 1 N–H and O–H groups in total. The molecule has 3 nitrogen and oxygen atoms in total. The van der Waals surface area contributed by atoms with Crippen molar-refractivity contribution in [1.82, 2.24) is 0 Å². The van der Waals surface area contributed by atoms with Crippen LogP contribution >= 0.6 is 0 Å². The molecule has 0 amide bonds. The third-order valence-electron chi connectivity index (χ3n) is 4.38. The van der Waals surface area contributed by atoms with Gasteiger partial charge in [-0.15, -0.1) is 0 Å². The van der Waals surface area contributed by atoms with Crippen LogP contribution in [0.5, 0.6) is 0 Å². The van der Waals surface area contributed by atoms with Gasteiger partial charge in [-0.25, -0.2) is 0 Å². The lowest BCUT2D eigenvalue weighted by Gasteiger charge is -2.32. The van der Waals surface area contributed by atoms with Crippen molar-refractivity contribution in [3.8, 4) is 0 Å². The van der Waals surface area contributed by atoms with Crippen LogP contribution in [0, 0.1) is 0 Å². The maximum Gasteiger partial charge on any atom is 0.460 e. The summed E-state index contributed by atoms with van der Waals surface area (Å²) in [6.07, 6.45) is 1.74. The third kappa shape index (κ3) is 3.63. The first-order chi connectivity index (χ1) is 9.30. The van der Waals surface area contributed by atoms with Crippen LogP contribution in [0.3, 0.4) is 0 Å². The molecule has 20 heavy (non-hydrogen) atoms. The van der Waals surface area contributed by atoms with Gasteiger partial charge in [0.25, 0.3) is 0 Å². The van der Waals surface area contributed by atoms with Gasteiger partial charge in [-0.1, -0.05) is 30.3 Å². The second kappa shape index (κ2) is 5.88. The number of aryl methyl sites for hydroxylation is 1. The van der Waals surface area contributed by atoms with Crippen LogP contribution in [-0.2, 0) is 15.7 Å². The molecule has 0 aromatic heterocycles. The van der Waals surface area contributed by atoms with Crippen LogP contribution < -0.4 is 0 Å². The average Bonchev–Trinajstić information content (AvgIpc) is 2.56. The molecule has 1 unspecified atom stereocenters. The van der Waals surface area contributed by atoms with Crippen LogP contribution in [0.2, 0.25) is 6.32 Å². The predicted octanol–water partition coefficient (Wildman–Crippen LogP) is 3.07. The lowest BCUT2D eigenvalue weighted by molar-refractivity contribution is 0.00578. The summed E-state index contributed by atoms with van der Waals surface area (Å²) in [6, 6.07) is 10.2. The predicted molar refractivity (Wildman–Crippen MR) is 81.7 cm³/mol. The average molecular weight is 276 g/mol. The molecule has 0 spiro atoms. The van der Waals surface area contributed by atoms with Crippen LogP contribution in [0.25, 0.3) is 0 Å². The summed E-state index contributed by atoms with van der Waals surface area (Å²) in [7, 11) is -0.314. The van der Waals surface area contributed by atoms with Gasteiger partial charge in [-0.05, 0) is 46.1 Å². The maximum absolute atomic E-state index is 10.2. The fraction of sp³-hybridized carbons (Fsp3) is 0.625. The van der Waals surface area contributed by atoms with Gasteiger partial charge in [0.2, 0.25) is 0 Å². The molecule has 0 saturated carbocycles. The van der Waals surface area contributed by atoms with Crippen molar-refractivity contribution in [2.45, 2.75) is 64.2 Å². The molecule has 0 bridgehead atoms. The van der Waals surface area contributed by atoms with Crippen LogP contribution in [0.1, 0.15) is 39.7 Å². The largest absolute Gasteiger partial charge is 0.460 e. The fourth-order valence-corrected chi connectivity index (χ4v) is 2.38. The first-order valence-electron chi connectivity index (χ1n) is 7.38. The Hall–Kier alpha value is -0.835. The summed E-state index contributed by atoms with van der Waals surface area (Å²) in [5, 5.41) is 10.2. The van der Waals surface area contributed by atoms with Crippen molar-refractivity contribution in [3.63, 3.8) is 0 Å². The summed E-state index contributed by atoms with van der Waals surface area (Å²) in [5.74, 6) is 0. The van der Waals surface area contributed by atoms with E-state index < -0.39 is 6.10 Å².